The minimum atomic E-state index is -3.58. The van der Waals surface area contributed by atoms with Gasteiger partial charge in [-0.25, -0.2) is 13.1 Å². The SMILES string of the molecule is CC(NS(=O)(=O)c1cc2ccccc2s1)c1nncn1C. The lowest BCUT2D eigenvalue weighted by atomic mass is 10.3. The number of nitrogens with zero attached hydrogens (tertiary/aromatic N) is 3. The van der Waals surface area contributed by atoms with Crippen molar-refractivity contribution in [1.82, 2.24) is 19.5 Å². The van der Waals surface area contributed by atoms with Gasteiger partial charge in [-0.15, -0.1) is 21.5 Å². The highest BCUT2D eigenvalue weighted by atomic mass is 32.2. The van der Waals surface area contributed by atoms with E-state index in [0.717, 1.165) is 10.1 Å². The van der Waals surface area contributed by atoms with Crippen molar-refractivity contribution in [1.29, 1.82) is 0 Å². The molecular formula is C13H14N4O2S2. The number of sulfonamides is 1. The van der Waals surface area contributed by atoms with E-state index < -0.39 is 16.1 Å². The molecule has 3 rings (SSSR count). The van der Waals surface area contributed by atoms with Crippen LogP contribution in [0.3, 0.4) is 0 Å². The average molecular weight is 322 g/mol. The number of aryl methyl sites for hydroxylation is 1. The van der Waals surface area contributed by atoms with Gasteiger partial charge in [0.2, 0.25) is 0 Å². The molecule has 8 heteroatoms. The zero-order chi connectivity index (χ0) is 15.0. The Labute approximate surface area is 126 Å². The van der Waals surface area contributed by atoms with Crippen molar-refractivity contribution in [2.24, 2.45) is 7.05 Å². The van der Waals surface area contributed by atoms with Crippen LogP contribution in [-0.4, -0.2) is 23.2 Å². The molecule has 3 aromatic rings. The van der Waals surface area contributed by atoms with Crippen LogP contribution in [0.5, 0.6) is 0 Å². The molecule has 0 saturated carbocycles. The summed E-state index contributed by atoms with van der Waals surface area (Å²) in [5.41, 5.74) is 0. The van der Waals surface area contributed by atoms with Gasteiger partial charge in [0.15, 0.2) is 0 Å². The lowest BCUT2D eigenvalue weighted by molar-refractivity contribution is 0.555. The van der Waals surface area contributed by atoms with E-state index in [2.05, 4.69) is 14.9 Å². The predicted octanol–water partition coefficient (Wildman–Crippen LogP) is 2.07. The number of nitrogens with one attached hydrogen (secondary N) is 1. The number of rotatable bonds is 4. The highest BCUT2D eigenvalue weighted by Gasteiger charge is 2.22. The second-order valence-corrected chi connectivity index (χ2v) is 7.77. The second kappa shape index (κ2) is 5.21. The molecule has 1 unspecified atom stereocenters. The second-order valence-electron chi connectivity index (χ2n) is 4.75. The van der Waals surface area contributed by atoms with Gasteiger partial charge in [0, 0.05) is 11.7 Å². The summed E-state index contributed by atoms with van der Waals surface area (Å²) in [6.45, 7) is 1.74. The van der Waals surface area contributed by atoms with Gasteiger partial charge < -0.3 is 4.57 Å². The smallest absolute Gasteiger partial charge is 0.250 e. The van der Waals surface area contributed by atoms with Gasteiger partial charge in [-0.1, -0.05) is 18.2 Å². The molecule has 0 aliphatic carbocycles. The van der Waals surface area contributed by atoms with Crippen LogP contribution < -0.4 is 4.72 Å². The van der Waals surface area contributed by atoms with Gasteiger partial charge >= 0.3 is 0 Å². The zero-order valence-electron chi connectivity index (χ0n) is 11.5. The summed E-state index contributed by atoms with van der Waals surface area (Å²) < 4.78 is 30.5. The first-order valence-electron chi connectivity index (χ1n) is 6.32. The summed E-state index contributed by atoms with van der Waals surface area (Å²) in [5.74, 6) is 0.569. The van der Waals surface area contributed by atoms with Crippen LogP contribution in [0, 0.1) is 0 Å². The van der Waals surface area contributed by atoms with Crippen LogP contribution in [0.1, 0.15) is 18.8 Å². The van der Waals surface area contributed by atoms with Crippen molar-refractivity contribution in [3.05, 3.63) is 42.5 Å². The standard InChI is InChI=1S/C13H14N4O2S2/c1-9(13-15-14-8-17(13)2)16-21(18,19)12-7-10-5-3-4-6-11(10)20-12/h3-9,16H,1-2H3. The Bertz CT molecular complexity index is 849. The molecule has 0 amide bonds. The lowest BCUT2D eigenvalue weighted by Gasteiger charge is -2.12. The van der Waals surface area contributed by atoms with E-state index in [1.54, 1.807) is 30.9 Å². The average Bonchev–Trinajstić information content (AvgIpc) is 3.04. The molecule has 1 aromatic carbocycles. The third-order valence-corrected chi connectivity index (χ3v) is 6.26. The van der Waals surface area contributed by atoms with Crippen LogP contribution in [0.15, 0.2) is 40.9 Å². The highest BCUT2D eigenvalue weighted by molar-refractivity contribution is 7.91. The Kier molecular flexibility index (Phi) is 3.52. The highest BCUT2D eigenvalue weighted by Crippen LogP contribution is 2.29. The van der Waals surface area contributed by atoms with Crippen molar-refractivity contribution >= 4 is 31.4 Å². The van der Waals surface area contributed by atoms with E-state index in [0.29, 0.717) is 10.0 Å². The molecular weight excluding hydrogens is 308 g/mol. The number of thiophene rings is 1. The summed E-state index contributed by atoms with van der Waals surface area (Å²) in [5, 5.41) is 8.61. The van der Waals surface area contributed by atoms with Crippen LogP contribution in [-0.2, 0) is 17.1 Å². The largest absolute Gasteiger partial charge is 0.319 e. The van der Waals surface area contributed by atoms with E-state index in [1.807, 2.05) is 24.3 Å². The summed E-state index contributed by atoms with van der Waals surface area (Å²) in [6.07, 6.45) is 1.54. The van der Waals surface area contributed by atoms with Crippen molar-refractivity contribution in [3.8, 4) is 0 Å². The Morgan fingerprint density at radius 1 is 1.33 bits per heavy atom. The van der Waals surface area contributed by atoms with Gasteiger partial charge in [-0.05, 0) is 24.4 Å². The van der Waals surface area contributed by atoms with E-state index >= 15 is 0 Å². The minimum Gasteiger partial charge on any atom is -0.319 e. The van der Waals surface area contributed by atoms with Gasteiger partial charge in [0.1, 0.15) is 16.4 Å². The molecule has 2 aromatic heterocycles. The predicted molar refractivity (Wildman–Crippen MR) is 81.6 cm³/mol. The number of hydrogen-bond donors (Lipinski definition) is 1. The first-order chi connectivity index (χ1) is 9.97. The van der Waals surface area contributed by atoms with Crippen LogP contribution in [0.2, 0.25) is 0 Å². The maximum Gasteiger partial charge on any atom is 0.250 e. The summed E-state index contributed by atoms with van der Waals surface area (Å²) in [6, 6.07) is 8.83. The molecule has 6 nitrogen and oxygen atoms in total. The maximum absolute atomic E-state index is 12.5. The Morgan fingerprint density at radius 3 is 2.76 bits per heavy atom. The fourth-order valence-electron chi connectivity index (χ4n) is 2.12. The van der Waals surface area contributed by atoms with E-state index in [-0.39, 0.29) is 0 Å². The summed E-state index contributed by atoms with van der Waals surface area (Å²) in [4.78, 5) is 0. The van der Waals surface area contributed by atoms with Gasteiger partial charge in [-0.2, -0.15) is 0 Å². The molecule has 0 saturated heterocycles. The first kappa shape index (κ1) is 14.2. The monoisotopic (exact) mass is 322 g/mol. The van der Waals surface area contributed by atoms with Crippen molar-refractivity contribution < 1.29 is 8.42 Å². The maximum atomic E-state index is 12.5. The van der Waals surface area contributed by atoms with Gasteiger partial charge in [-0.3, -0.25) is 0 Å². The normalized spacial score (nSPS) is 13.6. The van der Waals surface area contributed by atoms with E-state index in [4.69, 9.17) is 0 Å². The van der Waals surface area contributed by atoms with Crippen molar-refractivity contribution in [2.75, 3.05) is 0 Å². The molecule has 0 bridgehead atoms. The van der Waals surface area contributed by atoms with Crippen LogP contribution in [0.25, 0.3) is 10.1 Å². The lowest BCUT2D eigenvalue weighted by Crippen LogP contribution is -2.28. The Balaban J connectivity index is 1.91. The summed E-state index contributed by atoms with van der Waals surface area (Å²) >= 11 is 1.25. The molecule has 110 valence electrons. The molecule has 0 aliphatic heterocycles. The van der Waals surface area contributed by atoms with Crippen LogP contribution in [0.4, 0.5) is 0 Å². The fraction of sp³-hybridized carbons (Fsp3) is 0.231. The molecule has 0 aliphatic rings. The summed E-state index contributed by atoms with van der Waals surface area (Å²) in [7, 11) is -1.80. The molecule has 0 fully saturated rings. The number of benzene rings is 1. The number of aromatic nitrogens is 3. The molecule has 0 radical (unpaired) electrons. The molecule has 2 heterocycles. The van der Waals surface area contributed by atoms with E-state index in [1.165, 1.54) is 11.3 Å². The minimum absolute atomic E-state index is 0.303. The first-order valence-corrected chi connectivity index (χ1v) is 8.62. The van der Waals surface area contributed by atoms with Gasteiger partial charge in [0.25, 0.3) is 10.0 Å². The quantitative estimate of drug-likeness (QED) is 0.798. The fourth-order valence-corrected chi connectivity index (χ4v) is 4.73. The van der Waals surface area contributed by atoms with E-state index in [9.17, 15) is 8.42 Å². The van der Waals surface area contributed by atoms with Crippen molar-refractivity contribution in [3.63, 3.8) is 0 Å². The Morgan fingerprint density at radius 2 is 2.10 bits per heavy atom. The third kappa shape index (κ3) is 2.69. The van der Waals surface area contributed by atoms with Crippen LogP contribution >= 0.6 is 11.3 Å². The molecule has 1 N–H and O–H groups in total. The van der Waals surface area contributed by atoms with Gasteiger partial charge in [0.05, 0.1) is 6.04 Å². The third-order valence-electron chi connectivity index (χ3n) is 3.13. The molecule has 21 heavy (non-hydrogen) atoms. The number of hydrogen-bond acceptors (Lipinski definition) is 5. The zero-order valence-corrected chi connectivity index (χ0v) is 13.1. The molecule has 0 spiro atoms. The van der Waals surface area contributed by atoms with Crippen molar-refractivity contribution in [2.45, 2.75) is 17.2 Å². The molecule has 1 atom stereocenters. The topological polar surface area (TPSA) is 76.9 Å². The number of fused-ring (bicyclic) bond motifs is 1. The Hall–Kier alpha value is -1.77.